The number of rotatable bonds is 3. The van der Waals surface area contributed by atoms with E-state index in [-0.39, 0.29) is 18.7 Å². The van der Waals surface area contributed by atoms with E-state index < -0.39 is 44.1 Å². The highest BCUT2D eigenvalue weighted by Crippen LogP contribution is 2.35. The summed E-state index contributed by atoms with van der Waals surface area (Å²) in [7, 11) is 1.19. The third kappa shape index (κ3) is 3.72. The summed E-state index contributed by atoms with van der Waals surface area (Å²) in [6.07, 6.45) is 1.14. The van der Waals surface area contributed by atoms with Crippen LogP contribution in [0.4, 0.5) is 8.78 Å². The normalized spacial score (nSPS) is 17.6. The second-order valence-corrected chi connectivity index (χ2v) is 8.71. The minimum Gasteiger partial charge on any atom is -0.489 e. The van der Waals surface area contributed by atoms with Crippen molar-refractivity contribution in [3.8, 4) is 5.75 Å². The predicted molar refractivity (Wildman–Crippen MR) is 105 cm³/mol. The molecule has 1 amide bonds. The van der Waals surface area contributed by atoms with Crippen molar-refractivity contribution in [1.29, 1.82) is 0 Å². The van der Waals surface area contributed by atoms with Crippen molar-refractivity contribution in [2.75, 3.05) is 6.61 Å². The molecule has 2 radical (unpaired) electrons. The first kappa shape index (κ1) is 20.2. The third-order valence-electron chi connectivity index (χ3n) is 4.59. The fourth-order valence-corrected chi connectivity index (χ4v) is 4.43. The lowest BCUT2D eigenvalue weighted by Crippen LogP contribution is -2.24. The lowest BCUT2D eigenvalue weighted by molar-refractivity contribution is 0.0949. The molecule has 0 saturated carbocycles. The number of sulfone groups is 1. The number of benzene rings is 1. The predicted octanol–water partition coefficient (Wildman–Crippen LogP) is 1.34. The maximum absolute atomic E-state index is 14.4. The molecule has 0 bridgehead atoms. The van der Waals surface area contributed by atoms with Gasteiger partial charge in [0.05, 0.1) is 24.4 Å². The number of alkyl halides is 1. The van der Waals surface area contributed by atoms with Crippen LogP contribution in [-0.2, 0) is 16.4 Å². The van der Waals surface area contributed by atoms with Gasteiger partial charge in [-0.15, -0.1) is 0 Å². The van der Waals surface area contributed by atoms with Gasteiger partial charge in [-0.3, -0.25) is 14.8 Å². The van der Waals surface area contributed by atoms with E-state index >= 15 is 0 Å². The molecule has 0 spiro atoms. The van der Waals surface area contributed by atoms with Crippen LogP contribution < -0.4 is 15.6 Å². The molecule has 1 N–H and O–H groups in total. The van der Waals surface area contributed by atoms with Gasteiger partial charge in [0, 0.05) is 23.6 Å². The van der Waals surface area contributed by atoms with Gasteiger partial charge in [0.1, 0.15) is 12.7 Å². The van der Waals surface area contributed by atoms with E-state index in [1.54, 1.807) is 24.4 Å². The number of fused-ring (bicyclic) bond motifs is 2. The van der Waals surface area contributed by atoms with Crippen LogP contribution >= 0.6 is 0 Å². The van der Waals surface area contributed by atoms with Crippen molar-refractivity contribution in [1.82, 2.24) is 15.3 Å². The molecule has 3 heterocycles. The Morgan fingerprint density at radius 1 is 1.30 bits per heavy atom. The molecule has 4 rings (SSSR count). The van der Waals surface area contributed by atoms with E-state index in [9.17, 15) is 22.0 Å². The second-order valence-electron chi connectivity index (χ2n) is 6.66. The zero-order chi connectivity index (χ0) is 21.5. The number of nitrogens with zero attached hydrogens (tertiary/aromatic N) is 2. The fourth-order valence-electron chi connectivity index (χ4n) is 3.04. The van der Waals surface area contributed by atoms with Crippen molar-refractivity contribution >= 4 is 40.1 Å². The Hall–Kier alpha value is -3.08. The van der Waals surface area contributed by atoms with Crippen molar-refractivity contribution in [2.24, 2.45) is 0 Å². The van der Waals surface area contributed by atoms with Gasteiger partial charge in [0.15, 0.2) is 11.6 Å². The van der Waals surface area contributed by atoms with Gasteiger partial charge in [-0.2, -0.15) is 0 Å². The van der Waals surface area contributed by atoms with E-state index in [0.29, 0.717) is 16.8 Å². The summed E-state index contributed by atoms with van der Waals surface area (Å²) in [6.45, 7) is -0.318. The maximum atomic E-state index is 14.4. The number of ether oxygens (including phenoxy) is 1. The van der Waals surface area contributed by atoms with Crippen LogP contribution in [0.5, 0.6) is 5.75 Å². The highest BCUT2D eigenvalue weighted by Gasteiger charge is 2.35. The van der Waals surface area contributed by atoms with Crippen molar-refractivity contribution in [2.45, 2.75) is 23.4 Å². The number of nitrogens with one attached hydrogen (secondary N) is 1. The largest absolute Gasteiger partial charge is 0.489 e. The van der Waals surface area contributed by atoms with Gasteiger partial charge < -0.3 is 10.1 Å². The topological polar surface area (TPSA) is 98.2 Å². The minimum absolute atomic E-state index is 0.0288. The highest BCUT2D eigenvalue weighted by atomic mass is 32.2. The smallest absolute Gasteiger partial charge is 0.251 e. The van der Waals surface area contributed by atoms with Gasteiger partial charge in [-0.1, -0.05) is 12.1 Å². The first-order valence-corrected chi connectivity index (χ1v) is 10.4. The number of hydrogen-bond donors (Lipinski definition) is 1. The van der Waals surface area contributed by atoms with Crippen LogP contribution in [0.15, 0.2) is 41.4 Å². The minimum atomic E-state index is -4.48. The standard InChI is InChI=1S/C19H14BF2N3O4S/c20-16-2-1-10-8-23-12(7-14(10)25-16)9-24-19(26)11-5-13(21)18-15(6-11)30(27,28)17(22)3-4-29-18/h1-2,5-8,17H,3-4,9H2,(H,24,26). The van der Waals surface area contributed by atoms with Crippen LogP contribution in [0.25, 0.3) is 10.9 Å². The summed E-state index contributed by atoms with van der Waals surface area (Å²) in [5.74, 6) is -2.39. The monoisotopic (exact) mass is 429 g/mol. The van der Waals surface area contributed by atoms with Gasteiger partial charge in [0.2, 0.25) is 15.3 Å². The number of hydrogen-bond acceptors (Lipinski definition) is 6. The van der Waals surface area contributed by atoms with Crippen LogP contribution in [-0.4, -0.2) is 44.2 Å². The molecule has 2 aromatic heterocycles. The SMILES string of the molecule is [B]c1ccc2cnc(CNC(=O)c3cc(F)c4c(c3)S(=O)(=O)C(F)CCO4)cc2n1. The van der Waals surface area contributed by atoms with Gasteiger partial charge in [0.25, 0.3) is 5.91 Å². The lowest BCUT2D eigenvalue weighted by Gasteiger charge is -2.11. The number of halogens is 2. The average molecular weight is 429 g/mol. The second kappa shape index (κ2) is 7.64. The van der Waals surface area contributed by atoms with Gasteiger partial charge in [-0.25, -0.2) is 17.2 Å². The van der Waals surface area contributed by atoms with Crippen molar-refractivity contribution in [3.05, 3.63) is 53.6 Å². The molecule has 0 saturated heterocycles. The Morgan fingerprint density at radius 3 is 2.90 bits per heavy atom. The van der Waals surface area contributed by atoms with Crippen LogP contribution in [0.2, 0.25) is 0 Å². The summed E-state index contributed by atoms with van der Waals surface area (Å²) >= 11 is 0. The Labute approximate surface area is 171 Å². The molecule has 30 heavy (non-hydrogen) atoms. The molecule has 0 fully saturated rings. The molecular weight excluding hydrogens is 415 g/mol. The maximum Gasteiger partial charge on any atom is 0.251 e. The molecule has 11 heteroatoms. The summed E-state index contributed by atoms with van der Waals surface area (Å²) in [5.41, 5.74) is -1.14. The van der Waals surface area contributed by atoms with Gasteiger partial charge in [-0.05, 0) is 23.8 Å². The Morgan fingerprint density at radius 2 is 2.10 bits per heavy atom. The molecular formula is C19H14BF2N3O4S. The first-order valence-electron chi connectivity index (χ1n) is 8.89. The molecule has 1 aliphatic rings. The quantitative estimate of drug-likeness (QED) is 0.632. The summed E-state index contributed by atoms with van der Waals surface area (Å²) in [5, 5.41) is 3.29. The van der Waals surface area contributed by atoms with E-state index in [0.717, 1.165) is 17.5 Å². The number of amides is 1. The molecule has 1 aliphatic heterocycles. The molecule has 1 atom stereocenters. The van der Waals surface area contributed by atoms with Crippen LogP contribution in [0.3, 0.4) is 0 Å². The summed E-state index contributed by atoms with van der Waals surface area (Å²) in [6, 6.07) is 6.79. The van der Waals surface area contributed by atoms with E-state index in [4.69, 9.17) is 12.6 Å². The van der Waals surface area contributed by atoms with E-state index in [2.05, 4.69) is 15.3 Å². The molecule has 3 aromatic rings. The number of carbonyl (C=O) groups is 1. The fraction of sp³-hybridized carbons (Fsp3) is 0.211. The third-order valence-corrected chi connectivity index (χ3v) is 6.41. The average Bonchev–Trinajstić information content (AvgIpc) is 2.82. The van der Waals surface area contributed by atoms with E-state index in [1.165, 1.54) is 0 Å². The number of carbonyl (C=O) groups excluding carboxylic acids is 1. The van der Waals surface area contributed by atoms with Crippen molar-refractivity contribution < 1.29 is 26.7 Å². The molecule has 0 aliphatic carbocycles. The summed E-state index contributed by atoms with van der Waals surface area (Å²) < 4.78 is 58.0. The molecule has 7 nitrogen and oxygen atoms in total. The number of aromatic nitrogens is 2. The lowest BCUT2D eigenvalue weighted by atomic mass is 10.0. The zero-order valence-corrected chi connectivity index (χ0v) is 16.2. The van der Waals surface area contributed by atoms with Crippen LogP contribution in [0.1, 0.15) is 22.5 Å². The van der Waals surface area contributed by atoms with Gasteiger partial charge >= 0.3 is 0 Å². The van der Waals surface area contributed by atoms with Crippen molar-refractivity contribution in [3.63, 3.8) is 0 Å². The van der Waals surface area contributed by atoms with Crippen LogP contribution in [0, 0.1) is 5.82 Å². The Bertz CT molecular complexity index is 1270. The first-order chi connectivity index (χ1) is 14.3. The highest BCUT2D eigenvalue weighted by molar-refractivity contribution is 7.92. The number of pyridine rings is 2. The van der Waals surface area contributed by atoms with E-state index in [1.807, 2.05) is 0 Å². The Kier molecular flexibility index (Phi) is 5.14. The zero-order valence-electron chi connectivity index (χ0n) is 15.4. The molecule has 1 unspecified atom stereocenters. The Balaban J connectivity index is 1.59. The summed E-state index contributed by atoms with van der Waals surface area (Å²) in [4.78, 5) is 20.2. The molecule has 1 aromatic carbocycles. The molecule has 152 valence electrons.